The number of amides is 2. The lowest BCUT2D eigenvalue weighted by Gasteiger charge is -2.16. The van der Waals surface area contributed by atoms with E-state index in [0.29, 0.717) is 18.8 Å². The molecule has 6 heteroatoms. The third-order valence-corrected chi connectivity index (χ3v) is 4.53. The van der Waals surface area contributed by atoms with Crippen molar-refractivity contribution in [1.29, 1.82) is 0 Å². The van der Waals surface area contributed by atoms with Crippen LogP contribution in [0.4, 0.5) is 10.1 Å². The van der Waals surface area contributed by atoms with E-state index in [0.717, 1.165) is 4.88 Å². The molecular formula is C16H15FN2O2S. The summed E-state index contributed by atoms with van der Waals surface area (Å²) in [6.07, 6.45) is 0.188. The standard InChI is InChI=1S/C16H15FN2O2S/c17-12-3-5-13(6-4-12)19-10-11(8-15(19)20)16(21)18-9-14-2-1-7-22-14/h1-7,11H,8-10H2,(H,18,21)/t11-/m1/s1. The van der Waals surface area contributed by atoms with Gasteiger partial charge in [-0.05, 0) is 35.7 Å². The van der Waals surface area contributed by atoms with Crippen LogP contribution >= 0.6 is 11.3 Å². The minimum atomic E-state index is -0.363. The Balaban J connectivity index is 1.61. The molecule has 1 N–H and O–H groups in total. The molecule has 1 aliphatic heterocycles. The summed E-state index contributed by atoms with van der Waals surface area (Å²) in [7, 11) is 0. The highest BCUT2D eigenvalue weighted by Gasteiger charge is 2.34. The van der Waals surface area contributed by atoms with E-state index in [4.69, 9.17) is 0 Å². The number of benzene rings is 1. The van der Waals surface area contributed by atoms with E-state index in [1.54, 1.807) is 23.5 Å². The first-order chi connectivity index (χ1) is 10.6. The van der Waals surface area contributed by atoms with Crippen molar-refractivity contribution < 1.29 is 14.0 Å². The summed E-state index contributed by atoms with van der Waals surface area (Å²) in [5.74, 6) is -0.938. The summed E-state index contributed by atoms with van der Waals surface area (Å²) in [5, 5.41) is 4.82. The molecule has 0 radical (unpaired) electrons. The third-order valence-electron chi connectivity index (χ3n) is 3.65. The zero-order valence-corrected chi connectivity index (χ0v) is 12.6. The molecule has 0 spiro atoms. The van der Waals surface area contributed by atoms with Crippen LogP contribution in [0.25, 0.3) is 0 Å². The molecule has 114 valence electrons. The maximum absolute atomic E-state index is 12.9. The quantitative estimate of drug-likeness (QED) is 0.942. The van der Waals surface area contributed by atoms with Gasteiger partial charge < -0.3 is 10.2 Å². The van der Waals surface area contributed by atoms with E-state index in [1.165, 1.54) is 17.0 Å². The van der Waals surface area contributed by atoms with Crippen LogP contribution in [0.3, 0.4) is 0 Å². The molecule has 0 unspecified atom stereocenters. The molecule has 4 nitrogen and oxygen atoms in total. The van der Waals surface area contributed by atoms with Gasteiger partial charge in [0, 0.05) is 23.5 Å². The van der Waals surface area contributed by atoms with Gasteiger partial charge in [-0.15, -0.1) is 11.3 Å². The number of halogens is 1. The number of carbonyl (C=O) groups is 2. The highest BCUT2D eigenvalue weighted by molar-refractivity contribution is 7.09. The Labute approximate surface area is 131 Å². The second-order valence-corrected chi connectivity index (χ2v) is 6.21. The van der Waals surface area contributed by atoms with Gasteiger partial charge in [-0.25, -0.2) is 4.39 Å². The Morgan fingerprint density at radius 2 is 2.09 bits per heavy atom. The maximum Gasteiger partial charge on any atom is 0.227 e. The Kier molecular flexibility index (Phi) is 4.20. The molecule has 3 rings (SSSR count). The number of rotatable bonds is 4. The van der Waals surface area contributed by atoms with Crippen LogP contribution in [0.5, 0.6) is 0 Å². The van der Waals surface area contributed by atoms with Gasteiger partial charge in [0.05, 0.1) is 12.5 Å². The zero-order chi connectivity index (χ0) is 15.5. The van der Waals surface area contributed by atoms with E-state index in [1.807, 2.05) is 17.5 Å². The number of carbonyl (C=O) groups excluding carboxylic acids is 2. The molecule has 1 atom stereocenters. The average Bonchev–Trinajstić information content (AvgIpc) is 3.15. The van der Waals surface area contributed by atoms with Crippen molar-refractivity contribution in [3.8, 4) is 0 Å². The van der Waals surface area contributed by atoms with Crippen LogP contribution in [-0.4, -0.2) is 18.4 Å². The predicted octanol–water partition coefficient (Wildman–Crippen LogP) is 2.56. The van der Waals surface area contributed by atoms with Crippen molar-refractivity contribution in [3.05, 3.63) is 52.5 Å². The van der Waals surface area contributed by atoms with Crippen molar-refractivity contribution >= 4 is 28.8 Å². The number of nitrogens with one attached hydrogen (secondary N) is 1. The molecule has 1 aromatic carbocycles. The molecule has 0 bridgehead atoms. The van der Waals surface area contributed by atoms with Crippen LogP contribution in [0.2, 0.25) is 0 Å². The van der Waals surface area contributed by atoms with Crippen molar-refractivity contribution in [1.82, 2.24) is 5.32 Å². The highest BCUT2D eigenvalue weighted by Crippen LogP contribution is 2.25. The van der Waals surface area contributed by atoms with Crippen LogP contribution in [0.1, 0.15) is 11.3 Å². The summed E-state index contributed by atoms with van der Waals surface area (Å²) < 4.78 is 12.9. The van der Waals surface area contributed by atoms with Crippen LogP contribution < -0.4 is 10.2 Å². The summed E-state index contributed by atoms with van der Waals surface area (Å²) in [5.41, 5.74) is 0.625. The lowest BCUT2D eigenvalue weighted by molar-refractivity contribution is -0.126. The molecule has 0 aliphatic carbocycles. The minimum Gasteiger partial charge on any atom is -0.351 e. The summed E-state index contributed by atoms with van der Waals surface area (Å²) in [6.45, 7) is 0.818. The monoisotopic (exact) mass is 318 g/mol. The molecule has 22 heavy (non-hydrogen) atoms. The zero-order valence-electron chi connectivity index (χ0n) is 11.8. The van der Waals surface area contributed by atoms with Gasteiger partial charge >= 0.3 is 0 Å². The van der Waals surface area contributed by atoms with Gasteiger partial charge in [0.2, 0.25) is 11.8 Å². The first kappa shape index (κ1) is 14.7. The highest BCUT2D eigenvalue weighted by atomic mass is 32.1. The fourth-order valence-electron chi connectivity index (χ4n) is 2.49. The topological polar surface area (TPSA) is 49.4 Å². The first-order valence-corrected chi connectivity index (χ1v) is 7.87. The molecule has 1 saturated heterocycles. The van der Waals surface area contributed by atoms with E-state index >= 15 is 0 Å². The second-order valence-electron chi connectivity index (χ2n) is 5.18. The van der Waals surface area contributed by atoms with Gasteiger partial charge in [0.15, 0.2) is 0 Å². The van der Waals surface area contributed by atoms with Gasteiger partial charge in [-0.2, -0.15) is 0 Å². The molecule has 2 heterocycles. The maximum atomic E-state index is 12.9. The van der Waals surface area contributed by atoms with Gasteiger partial charge in [-0.1, -0.05) is 6.07 Å². The molecule has 1 aliphatic rings. The van der Waals surface area contributed by atoms with Crippen molar-refractivity contribution in [3.63, 3.8) is 0 Å². The summed E-state index contributed by atoms with van der Waals surface area (Å²) in [6, 6.07) is 9.62. The van der Waals surface area contributed by atoms with Crippen molar-refractivity contribution in [2.45, 2.75) is 13.0 Å². The number of thiophene rings is 1. The summed E-state index contributed by atoms with van der Waals surface area (Å²) >= 11 is 1.58. The first-order valence-electron chi connectivity index (χ1n) is 6.99. The third kappa shape index (κ3) is 3.17. The Morgan fingerprint density at radius 1 is 1.32 bits per heavy atom. The lowest BCUT2D eigenvalue weighted by atomic mass is 10.1. The number of nitrogens with zero attached hydrogens (tertiary/aromatic N) is 1. The second kappa shape index (κ2) is 6.27. The van der Waals surface area contributed by atoms with Crippen LogP contribution in [0, 0.1) is 11.7 Å². The minimum absolute atomic E-state index is 0.108. The van der Waals surface area contributed by atoms with Crippen LogP contribution in [0.15, 0.2) is 41.8 Å². The Morgan fingerprint density at radius 3 is 2.77 bits per heavy atom. The van der Waals surface area contributed by atoms with Gasteiger partial charge in [0.1, 0.15) is 5.82 Å². The smallest absolute Gasteiger partial charge is 0.227 e. The predicted molar refractivity (Wildman–Crippen MR) is 83.0 cm³/mol. The fourth-order valence-corrected chi connectivity index (χ4v) is 3.13. The fraction of sp³-hybridized carbons (Fsp3) is 0.250. The molecule has 1 aromatic heterocycles. The van der Waals surface area contributed by atoms with E-state index in [9.17, 15) is 14.0 Å². The SMILES string of the molecule is O=C(NCc1cccs1)[C@@H]1CC(=O)N(c2ccc(F)cc2)C1. The number of hydrogen-bond acceptors (Lipinski definition) is 3. The number of anilines is 1. The molecule has 1 fully saturated rings. The Bertz CT molecular complexity index is 670. The molecule has 2 amide bonds. The molecular weight excluding hydrogens is 303 g/mol. The van der Waals surface area contributed by atoms with Gasteiger partial charge in [0.25, 0.3) is 0 Å². The molecule has 0 saturated carbocycles. The van der Waals surface area contributed by atoms with Crippen molar-refractivity contribution in [2.75, 3.05) is 11.4 Å². The normalized spacial score (nSPS) is 17.8. The van der Waals surface area contributed by atoms with E-state index in [2.05, 4.69) is 5.32 Å². The van der Waals surface area contributed by atoms with Gasteiger partial charge in [-0.3, -0.25) is 9.59 Å². The lowest BCUT2D eigenvalue weighted by Crippen LogP contribution is -2.32. The van der Waals surface area contributed by atoms with Crippen molar-refractivity contribution in [2.24, 2.45) is 5.92 Å². The largest absolute Gasteiger partial charge is 0.351 e. The number of hydrogen-bond donors (Lipinski definition) is 1. The van der Waals surface area contributed by atoms with Crippen LogP contribution in [-0.2, 0) is 16.1 Å². The molecule has 2 aromatic rings. The van der Waals surface area contributed by atoms with E-state index < -0.39 is 0 Å². The van der Waals surface area contributed by atoms with E-state index in [-0.39, 0.29) is 30.0 Å². The average molecular weight is 318 g/mol. The summed E-state index contributed by atoms with van der Waals surface area (Å²) in [4.78, 5) is 26.8. The Hall–Kier alpha value is -2.21.